The third-order valence-corrected chi connectivity index (χ3v) is 8.41. The number of amides is 1. The van der Waals surface area contributed by atoms with Crippen molar-refractivity contribution >= 4 is 21.6 Å². The maximum atomic E-state index is 13.3. The van der Waals surface area contributed by atoms with Gasteiger partial charge >= 0.3 is 0 Å². The highest BCUT2D eigenvalue weighted by Crippen LogP contribution is 2.30. The highest BCUT2D eigenvalue weighted by Gasteiger charge is 2.28. The fraction of sp³-hybridized carbons (Fsp3) is 0.480. The van der Waals surface area contributed by atoms with Crippen molar-refractivity contribution in [1.29, 1.82) is 0 Å². The Balaban J connectivity index is 1.60. The van der Waals surface area contributed by atoms with E-state index < -0.39 is 10.0 Å². The Kier molecular flexibility index (Phi) is 7.63. The summed E-state index contributed by atoms with van der Waals surface area (Å²) < 4.78 is 38.7. The van der Waals surface area contributed by atoms with E-state index >= 15 is 0 Å². The number of nitrogens with zero attached hydrogens (tertiary/aromatic N) is 2. The molecule has 8 nitrogen and oxygen atoms in total. The first-order valence-corrected chi connectivity index (χ1v) is 13.3. The van der Waals surface area contributed by atoms with Gasteiger partial charge in [0.25, 0.3) is 5.91 Å². The molecule has 1 amide bonds. The number of benzene rings is 2. The lowest BCUT2D eigenvalue weighted by molar-refractivity contribution is 0.0951. The standard InChI is InChI=1S/C25H33N3O5S/c1-32-23-11-8-19(16-24(23)33-2)18-26-25(29)21-17-20(9-10-22(21)27-12-6-7-13-27)34(30,31)28-14-4-3-5-15-28/h8-11,16-17H,3-7,12-15,18H2,1-2H3,(H,26,29). The predicted molar refractivity (Wildman–Crippen MR) is 131 cm³/mol. The van der Waals surface area contributed by atoms with Crippen LogP contribution >= 0.6 is 0 Å². The Hall–Kier alpha value is -2.78. The Morgan fingerprint density at radius 1 is 0.882 bits per heavy atom. The largest absolute Gasteiger partial charge is 0.493 e. The lowest BCUT2D eigenvalue weighted by atomic mass is 10.1. The van der Waals surface area contributed by atoms with Crippen LogP contribution in [0.2, 0.25) is 0 Å². The van der Waals surface area contributed by atoms with Crippen LogP contribution in [0.15, 0.2) is 41.3 Å². The fourth-order valence-corrected chi connectivity index (χ4v) is 6.16. The lowest BCUT2D eigenvalue weighted by Gasteiger charge is -2.27. The number of carbonyl (C=O) groups is 1. The number of anilines is 1. The van der Waals surface area contributed by atoms with Crippen LogP contribution in [0.1, 0.15) is 48.0 Å². The molecule has 0 bridgehead atoms. The van der Waals surface area contributed by atoms with Gasteiger partial charge in [0.15, 0.2) is 11.5 Å². The second kappa shape index (κ2) is 10.7. The zero-order valence-electron chi connectivity index (χ0n) is 19.9. The van der Waals surface area contributed by atoms with Crippen LogP contribution in [-0.4, -0.2) is 59.0 Å². The molecular weight excluding hydrogens is 454 g/mol. The molecule has 0 aromatic heterocycles. The Morgan fingerprint density at radius 2 is 1.56 bits per heavy atom. The zero-order valence-corrected chi connectivity index (χ0v) is 20.7. The van der Waals surface area contributed by atoms with Gasteiger partial charge < -0.3 is 19.7 Å². The number of hydrogen-bond acceptors (Lipinski definition) is 6. The van der Waals surface area contributed by atoms with E-state index in [9.17, 15) is 13.2 Å². The van der Waals surface area contributed by atoms with E-state index in [1.807, 2.05) is 12.1 Å². The maximum Gasteiger partial charge on any atom is 0.253 e. The van der Waals surface area contributed by atoms with Gasteiger partial charge in [-0.2, -0.15) is 4.31 Å². The van der Waals surface area contributed by atoms with Crippen molar-refractivity contribution in [3.8, 4) is 11.5 Å². The summed E-state index contributed by atoms with van der Waals surface area (Å²) in [4.78, 5) is 15.7. The second-order valence-electron chi connectivity index (χ2n) is 8.71. The van der Waals surface area contributed by atoms with Crippen LogP contribution in [0.4, 0.5) is 5.69 Å². The van der Waals surface area contributed by atoms with Crippen LogP contribution < -0.4 is 19.7 Å². The molecule has 2 heterocycles. The van der Waals surface area contributed by atoms with E-state index in [1.54, 1.807) is 38.5 Å². The average Bonchev–Trinajstić information content (AvgIpc) is 3.42. The summed E-state index contributed by atoms with van der Waals surface area (Å²) in [5.41, 5.74) is 2.02. The van der Waals surface area contributed by atoms with Crippen LogP contribution in [0.25, 0.3) is 0 Å². The Labute approximate surface area is 201 Å². The van der Waals surface area contributed by atoms with Gasteiger partial charge in [0.1, 0.15) is 0 Å². The summed E-state index contributed by atoms with van der Waals surface area (Å²) >= 11 is 0. The van der Waals surface area contributed by atoms with Crippen LogP contribution in [0, 0.1) is 0 Å². The minimum absolute atomic E-state index is 0.175. The highest BCUT2D eigenvalue weighted by atomic mass is 32.2. The molecule has 0 spiro atoms. The minimum Gasteiger partial charge on any atom is -0.493 e. The molecular formula is C25H33N3O5S. The monoisotopic (exact) mass is 487 g/mol. The van der Waals surface area contributed by atoms with E-state index in [0.29, 0.717) is 30.2 Å². The molecule has 4 rings (SSSR count). The van der Waals surface area contributed by atoms with Gasteiger partial charge in [0.2, 0.25) is 10.0 Å². The SMILES string of the molecule is COc1ccc(CNC(=O)c2cc(S(=O)(=O)N3CCCCC3)ccc2N2CCCC2)cc1OC. The van der Waals surface area contributed by atoms with Gasteiger partial charge in [-0.15, -0.1) is 0 Å². The predicted octanol–water partition coefficient (Wildman–Crippen LogP) is 3.41. The first-order valence-electron chi connectivity index (χ1n) is 11.8. The number of ether oxygens (including phenoxy) is 2. The van der Waals surface area contributed by atoms with Crippen molar-refractivity contribution in [2.75, 3.05) is 45.3 Å². The molecule has 34 heavy (non-hydrogen) atoms. The van der Waals surface area contributed by atoms with Crippen molar-refractivity contribution < 1.29 is 22.7 Å². The van der Waals surface area contributed by atoms with E-state index in [-0.39, 0.29) is 17.3 Å². The van der Waals surface area contributed by atoms with Crippen molar-refractivity contribution in [2.24, 2.45) is 0 Å². The summed E-state index contributed by atoms with van der Waals surface area (Å²) in [6.07, 6.45) is 4.89. The first-order chi connectivity index (χ1) is 16.4. The van der Waals surface area contributed by atoms with Gasteiger partial charge in [0, 0.05) is 38.4 Å². The normalized spacial score (nSPS) is 16.9. The lowest BCUT2D eigenvalue weighted by Crippen LogP contribution is -2.36. The smallest absolute Gasteiger partial charge is 0.253 e. The molecule has 2 aromatic rings. The molecule has 9 heteroatoms. The van der Waals surface area contributed by atoms with Crippen molar-refractivity contribution in [2.45, 2.75) is 43.5 Å². The fourth-order valence-electron chi connectivity index (χ4n) is 4.61. The van der Waals surface area contributed by atoms with Crippen LogP contribution in [-0.2, 0) is 16.6 Å². The molecule has 0 aliphatic carbocycles. The van der Waals surface area contributed by atoms with E-state index in [0.717, 1.165) is 56.4 Å². The number of piperidine rings is 1. The molecule has 184 valence electrons. The topological polar surface area (TPSA) is 88.2 Å². The van der Waals surface area contributed by atoms with Crippen molar-refractivity contribution in [3.05, 3.63) is 47.5 Å². The van der Waals surface area contributed by atoms with E-state index in [1.165, 1.54) is 4.31 Å². The minimum atomic E-state index is -3.64. The first kappa shape index (κ1) is 24.3. The van der Waals surface area contributed by atoms with Gasteiger partial charge in [-0.3, -0.25) is 4.79 Å². The number of carbonyl (C=O) groups excluding carboxylic acids is 1. The number of hydrogen-bond donors (Lipinski definition) is 1. The highest BCUT2D eigenvalue weighted by molar-refractivity contribution is 7.89. The number of methoxy groups -OCH3 is 2. The zero-order chi connectivity index (χ0) is 24.1. The number of nitrogens with one attached hydrogen (secondary N) is 1. The molecule has 0 saturated carbocycles. The molecule has 2 aliphatic rings. The Morgan fingerprint density at radius 3 is 2.24 bits per heavy atom. The number of sulfonamides is 1. The van der Waals surface area contributed by atoms with Gasteiger partial charge in [-0.1, -0.05) is 12.5 Å². The summed E-state index contributed by atoms with van der Waals surface area (Å²) in [6, 6.07) is 10.4. The van der Waals surface area contributed by atoms with Gasteiger partial charge in [-0.05, 0) is 61.6 Å². The second-order valence-corrected chi connectivity index (χ2v) is 10.6. The summed E-state index contributed by atoms with van der Waals surface area (Å²) in [5.74, 6) is 0.901. The molecule has 0 radical (unpaired) electrons. The summed E-state index contributed by atoms with van der Waals surface area (Å²) in [5, 5.41) is 2.96. The molecule has 1 N–H and O–H groups in total. The molecule has 0 atom stereocenters. The number of rotatable bonds is 8. The molecule has 2 aliphatic heterocycles. The Bertz CT molecular complexity index is 1120. The van der Waals surface area contributed by atoms with Crippen molar-refractivity contribution in [3.63, 3.8) is 0 Å². The van der Waals surface area contributed by atoms with Crippen LogP contribution in [0.3, 0.4) is 0 Å². The molecule has 2 aromatic carbocycles. The van der Waals surface area contributed by atoms with Crippen LogP contribution in [0.5, 0.6) is 11.5 Å². The van der Waals surface area contributed by atoms with E-state index in [4.69, 9.17) is 9.47 Å². The third-order valence-electron chi connectivity index (χ3n) is 6.51. The maximum absolute atomic E-state index is 13.3. The molecule has 2 saturated heterocycles. The summed E-state index contributed by atoms with van der Waals surface area (Å²) in [7, 11) is -0.498. The summed E-state index contributed by atoms with van der Waals surface area (Å²) in [6.45, 7) is 3.04. The third kappa shape index (κ3) is 5.15. The van der Waals surface area contributed by atoms with Crippen molar-refractivity contribution in [1.82, 2.24) is 9.62 Å². The molecule has 0 unspecified atom stereocenters. The van der Waals surface area contributed by atoms with Gasteiger partial charge in [-0.25, -0.2) is 8.42 Å². The quantitative estimate of drug-likeness (QED) is 0.614. The van der Waals surface area contributed by atoms with E-state index in [2.05, 4.69) is 10.2 Å². The molecule has 2 fully saturated rings. The van der Waals surface area contributed by atoms with Gasteiger partial charge in [0.05, 0.1) is 24.7 Å². The average molecular weight is 488 g/mol.